The lowest BCUT2D eigenvalue weighted by Crippen LogP contribution is -2.38. The summed E-state index contributed by atoms with van der Waals surface area (Å²) in [5, 5.41) is 3.38. The summed E-state index contributed by atoms with van der Waals surface area (Å²) >= 11 is 11.9. The van der Waals surface area contributed by atoms with E-state index >= 15 is 0 Å². The first-order chi connectivity index (χ1) is 9.45. The SMILES string of the molecule is CCOC(=O)C(C)NC(=O)C=Cc1c(Cl)cccc1Cl. The van der Waals surface area contributed by atoms with Crippen molar-refractivity contribution in [3.05, 3.63) is 39.9 Å². The van der Waals surface area contributed by atoms with Crippen LogP contribution in [0, 0.1) is 0 Å². The van der Waals surface area contributed by atoms with Crippen molar-refractivity contribution < 1.29 is 14.3 Å². The van der Waals surface area contributed by atoms with Crippen LogP contribution >= 0.6 is 23.2 Å². The van der Waals surface area contributed by atoms with Crippen LogP contribution in [0.1, 0.15) is 19.4 Å². The molecule has 0 radical (unpaired) electrons. The summed E-state index contributed by atoms with van der Waals surface area (Å²) in [6.07, 6.45) is 2.76. The van der Waals surface area contributed by atoms with E-state index in [0.29, 0.717) is 15.6 Å². The molecule has 1 N–H and O–H groups in total. The monoisotopic (exact) mass is 315 g/mol. The van der Waals surface area contributed by atoms with E-state index in [1.807, 2.05) is 0 Å². The zero-order valence-corrected chi connectivity index (χ0v) is 12.7. The Morgan fingerprint density at radius 1 is 1.35 bits per heavy atom. The van der Waals surface area contributed by atoms with E-state index in [1.165, 1.54) is 12.2 Å². The summed E-state index contributed by atoms with van der Waals surface area (Å²) in [5.74, 6) is -0.911. The molecule has 0 aromatic heterocycles. The highest BCUT2D eigenvalue weighted by Gasteiger charge is 2.15. The van der Waals surface area contributed by atoms with Gasteiger partial charge >= 0.3 is 5.97 Å². The highest BCUT2D eigenvalue weighted by Crippen LogP contribution is 2.25. The van der Waals surface area contributed by atoms with Gasteiger partial charge in [-0.25, -0.2) is 4.79 Å². The Morgan fingerprint density at radius 3 is 2.50 bits per heavy atom. The number of carbonyl (C=O) groups excluding carboxylic acids is 2. The van der Waals surface area contributed by atoms with Gasteiger partial charge in [-0.05, 0) is 32.1 Å². The fourth-order valence-corrected chi connectivity index (χ4v) is 1.94. The minimum atomic E-state index is -0.714. The van der Waals surface area contributed by atoms with E-state index < -0.39 is 17.9 Å². The predicted molar refractivity (Wildman–Crippen MR) is 79.7 cm³/mol. The van der Waals surface area contributed by atoms with E-state index in [0.717, 1.165) is 0 Å². The molecule has 0 heterocycles. The van der Waals surface area contributed by atoms with Gasteiger partial charge in [0.1, 0.15) is 6.04 Å². The van der Waals surface area contributed by atoms with Gasteiger partial charge < -0.3 is 10.1 Å². The maximum Gasteiger partial charge on any atom is 0.328 e. The van der Waals surface area contributed by atoms with Crippen LogP contribution in [0.25, 0.3) is 6.08 Å². The number of halogens is 2. The minimum Gasteiger partial charge on any atom is -0.464 e. The van der Waals surface area contributed by atoms with Crippen molar-refractivity contribution in [3.8, 4) is 0 Å². The largest absolute Gasteiger partial charge is 0.464 e. The molecule has 108 valence electrons. The maximum atomic E-state index is 11.7. The maximum absolute atomic E-state index is 11.7. The second-order valence-corrected chi connectivity index (χ2v) is 4.77. The summed E-state index contributed by atoms with van der Waals surface area (Å²) in [6, 6.07) is 4.34. The number of hydrogen-bond donors (Lipinski definition) is 1. The molecule has 0 saturated carbocycles. The van der Waals surface area contributed by atoms with Crippen LogP contribution in [-0.4, -0.2) is 24.5 Å². The number of benzene rings is 1. The molecule has 1 aromatic carbocycles. The van der Waals surface area contributed by atoms with Gasteiger partial charge in [0.25, 0.3) is 0 Å². The van der Waals surface area contributed by atoms with Gasteiger partial charge in [-0.3, -0.25) is 4.79 Å². The molecule has 0 fully saturated rings. The van der Waals surface area contributed by atoms with Gasteiger partial charge in [0.05, 0.1) is 6.61 Å². The van der Waals surface area contributed by atoms with Crippen molar-refractivity contribution in [2.45, 2.75) is 19.9 Å². The van der Waals surface area contributed by atoms with Crippen LogP contribution in [0.3, 0.4) is 0 Å². The van der Waals surface area contributed by atoms with Crippen LogP contribution in [0.15, 0.2) is 24.3 Å². The summed E-state index contributed by atoms with van der Waals surface area (Å²) < 4.78 is 4.79. The molecule has 1 amide bonds. The van der Waals surface area contributed by atoms with Gasteiger partial charge in [0, 0.05) is 21.7 Å². The molecule has 0 aliphatic heterocycles. The molecular formula is C14H15Cl2NO3. The van der Waals surface area contributed by atoms with Crippen molar-refractivity contribution in [3.63, 3.8) is 0 Å². The number of carbonyl (C=O) groups is 2. The van der Waals surface area contributed by atoms with E-state index in [-0.39, 0.29) is 6.61 Å². The average Bonchev–Trinajstić information content (AvgIpc) is 2.38. The van der Waals surface area contributed by atoms with Crippen molar-refractivity contribution in [2.24, 2.45) is 0 Å². The highest BCUT2D eigenvalue weighted by atomic mass is 35.5. The normalized spacial score (nSPS) is 12.2. The second-order valence-electron chi connectivity index (χ2n) is 3.95. The lowest BCUT2D eigenvalue weighted by Gasteiger charge is -2.10. The quantitative estimate of drug-likeness (QED) is 0.671. The molecule has 0 aliphatic rings. The Bertz CT molecular complexity index is 509. The Labute approximate surface area is 127 Å². The van der Waals surface area contributed by atoms with Crippen LogP contribution in [0.5, 0.6) is 0 Å². The molecule has 1 rings (SSSR count). The summed E-state index contributed by atoms with van der Waals surface area (Å²) in [5.41, 5.74) is 0.551. The molecule has 1 atom stereocenters. The molecule has 0 saturated heterocycles. The smallest absolute Gasteiger partial charge is 0.328 e. The number of esters is 1. The molecule has 0 spiro atoms. The third-order valence-electron chi connectivity index (χ3n) is 2.40. The average molecular weight is 316 g/mol. The first-order valence-electron chi connectivity index (χ1n) is 6.05. The van der Waals surface area contributed by atoms with Crippen molar-refractivity contribution >= 4 is 41.2 Å². The number of nitrogens with one attached hydrogen (secondary N) is 1. The molecule has 1 unspecified atom stereocenters. The molecule has 20 heavy (non-hydrogen) atoms. The Hall–Kier alpha value is -1.52. The fourth-order valence-electron chi connectivity index (χ4n) is 1.42. The predicted octanol–water partition coefficient (Wildman–Crippen LogP) is 3.07. The second kappa shape index (κ2) is 7.92. The zero-order valence-electron chi connectivity index (χ0n) is 11.2. The van der Waals surface area contributed by atoms with Gasteiger partial charge in [-0.15, -0.1) is 0 Å². The third-order valence-corrected chi connectivity index (χ3v) is 3.06. The van der Waals surface area contributed by atoms with Crippen molar-refractivity contribution in [2.75, 3.05) is 6.61 Å². The first-order valence-corrected chi connectivity index (χ1v) is 6.80. The number of ether oxygens (including phenoxy) is 1. The van der Waals surface area contributed by atoms with E-state index in [9.17, 15) is 9.59 Å². The van der Waals surface area contributed by atoms with Crippen molar-refractivity contribution in [1.82, 2.24) is 5.32 Å². The van der Waals surface area contributed by atoms with Crippen molar-refractivity contribution in [1.29, 1.82) is 0 Å². The Morgan fingerprint density at radius 2 is 1.95 bits per heavy atom. The lowest BCUT2D eigenvalue weighted by molar-refractivity contribution is -0.146. The molecule has 6 heteroatoms. The standard InChI is InChI=1S/C14H15Cl2NO3/c1-3-20-14(19)9(2)17-13(18)8-7-10-11(15)5-4-6-12(10)16/h4-9H,3H2,1-2H3,(H,17,18). The van der Waals surface area contributed by atoms with E-state index in [4.69, 9.17) is 27.9 Å². The van der Waals surface area contributed by atoms with Gasteiger partial charge in [0.2, 0.25) is 5.91 Å². The molecular weight excluding hydrogens is 301 g/mol. The van der Waals surface area contributed by atoms with Crippen LogP contribution in [-0.2, 0) is 14.3 Å². The Kier molecular flexibility index (Phi) is 6.55. The van der Waals surface area contributed by atoms with Gasteiger partial charge in [-0.1, -0.05) is 29.3 Å². The third kappa shape index (κ3) is 4.87. The number of amides is 1. The molecule has 4 nitrogen and oxygen atoms in total. The van der Waals surface area contributed by atoms with Crippen LogP contribution < -0.4 is 5.32 Å². The highest BCUT2D eigenvalue weighted by molar-refractivity contribution is 6.37. The minimum absolute atomic E-state index is 0.268. The van der Waals surface area contributed by atoms with E-state index in [1.54, 1.807) is 32.0 Å². The molecule has 1 aromatic rings. The zero-order chi connectivity index (χ0) is 15.1. The summed E-state index contributed by atoms with van der Waals surface area (Å²) in [6.45, 7) is 3.52. The summed E-state index contributed by atoms with van der Waals surface area (Å²) in [7, 11) is 0. The molecule has 0 aliphatic carbocycles. The lowest BCUT2D eigenvalue weighted by atomic mass is 10.2. The van der Waals surface area contributed by atoms with Crippen LogP contribution in [0.4, 0.5) is 0 Å². The first kappa shape index (κ1) is 16.5. The number of hydrogen-bond acceptors (Lipinski definition) is 3. The Balaban J connectivity index is 2.67. The van der Waals surface area contributed by atoms with Crippen LogP contribution in [0.2, 0.25) is 10.0 Å². The topological polar surface area (TPSA) is 55.4 Å². The van der Waals surface area contributed by atoms with Gasteiger partial charge in [-0.2, -0.15) is 0 Å². The molecule has 0 bridgehead atoms. The number of rotatable bonds is 5. The van der Waals surface area contributed by atoms with E-state index in [2.05, 4.69) is 5.32 Å². The fraction of sp³-hybridized carbons (Fsp3) is 0.286. The summed E-state index contributed by atoms with van der Waals surface area (Å²) in [4.78, 5) is 23.0. The van der Waals surface area contributed by atoms with Gasteiger partial charge in [0.15, 0.2) is 0 Å².